The lowest BCUT2D eigenvalue weighted by Crippen LogP contribution is -2.41. The van der Waals surface area contributed by atoms with Crippen LogP contribution in [-0.4, -0.2) is 30.6 Å². The van der Waals surface area contributed by atoms with Crippen molar-refractivity contribution in [2.45, 2.75) is 19.9 Å². The average Bonchev–Trinajstić information content (AvgIpc) is 3.46. The van der Waals surface area contributed by atoms with Crippen LogP contribution in [0.3, 0.4) is 0 Å². The van der Waals surface area contributed by atoms with E-state index >= 15 is 0 Å². The fourth-order valence-electron chi connectivity index (χ4n) is 5.23. The molecule has 0 fully saturated rings. The second-order valence-corrected chi connectivity index (χ2v) is 10.7. The maximum atomic E-state index is 14.3. The summed E-state index contributed by atoms with van der Waals surface area (Å²) in [7, 11) is 3.07. The zero-order valence-corrected chi connectivity index (χ0v) is 23.6. The van der Waals surface area contributed by atoms with Gasteiger partial charge in [-0.1, -0.05) is 41.2 Å². The summed E-state index contributed by atoms with van der Waals surface area (Å²) in [6.07, 6.45) is 0. The molecule has 2 aliphatic rings. The van der Waals surface area contributed by atoms with Crippen molar-refractivity contribution in [3.63, 3.8) is 0 Å². The Morgan fingerprint density at radius 2 is 1.78 bits per heavy atom. The Morgan fingerprint density at radius 1 is 1.00 bits per heavy atom. The maximum absolute atomic E-state index is 14.3. The summed E-state index contributed by atoms with van der Waals surface area (Å²) in [6.45, 7) is 3.67. The molecule has 1 aromatic heterocycles. The van der Waals surface area contributed by atoms with Crippen LogP contribution < -0.4 is 35.0 Å². The number of carbonyl (C=O) groups excluding carboxylic acids is 2. The highest BCUT2D eigenvalue weighted by atomic mass is 32.1. The van der Waals surface area contributed by atoms with Crippen LogP contribution >= 0.6 is 11.3 Å². The molecule has 0 spiro atoms. The molecule has 41 heavy (non-hydrogen) atoms. The van der Waals surface area contributed by atoms with Crippen LogP contribution in [0.5, 0.6) is 11.5 Å². The number of hydrogen-bond acceptors (Lipinski definition) is 7. The molecule has 4 aromatic rings. The van der Waals surface area contributed by atoms with Gasteiger partial charge in [0.25, 0.3) is 17.4 Å². The fourth-order valence-corrected chi connectivity index (χ4v) is 6.37. The molecule has 3 aromatic carbocycles. The number of fused-ring (bicyclic) bond motifs is 2. The first kappa shape index (κ1) is 26.3. The largest absolute Gasteiger partial charge is 0.497 e. The predicted octanol–water partition coefficient (Wildman–Crippen LogP) is 3.52. The number of aryl methyl sites for hydroxylation is 1. The van der Waals surface area contributed by atoms with Gasteiger partial charge in [-0.05, 0) is 50.2 Å². The number of carbonyl (C=O) groups is 2. The van der Waals surface area contributed by atoms with Crippen LogP contribution in [-0.2, 0) is 9.59 Å². The second-order valence-electron chi connectivity index (χ2n) is 9.71. The Labute approximate surface area is 239 Å². The lowest BCUT2D eigenvalue weighted by molar-refractivity contribution is -0.113. The molecule has 9 nitrogen and oxygen atoms in total. The van der Waals surface area contributed by atoms with E-state index in [-0.39, 0.29) is 16.0 Å². The van der Waals surface area contributed by atoms with Crippen molar-refractivity contribution in [2.75, 3.05) is 24.9 Å². The lowest BCUT2D eigenvalue weighted by atomic mass is 9.94. The van der Waals surface area contributed by atoms with Gasteiger partial charge < -0.3 is 20.1 Å². The van der Waals surface area contributed by atoms with E-state index in [0.717, 1.165) is 16.9 Å². The molecule has 10 heteroatoms. The summed E-state index contributed by atoms with van der Waals surface area (Å²) >= 11 is 1.13. The number of nitrogens with zero attached hydrogens (tertiary/aromatic N) is 2. The highest BCUT2D eigenvalue weighted by Crippen LogP contribution is 2.38. The van der Waals surface area contributed by atoms with E-state index in [0.29, 0.717) is 50.1 Å². The van der Waals surface area contributed by atoms with Crippen molar-refractivity contribution in [3.05, 3.63) is 114 Å². The number of allylic oxidation sites excluding steroid dienone is 1. The molecule has 3 heterocycles. The number of hydrogen-bond donors (Lipinski definition) is 2. The number of amides is 2. The van der Waals surface area contributed by atoms with E-state index in [4.69, 9.17) is 14.5 Å². The van der Waals surface area contributed by atoms with Crippen LogP contribution in [0.4, 0.5) is 11.4 Å². The third kappa shape index (κ3) is 4.42. The minimum atomic E-state index is -0.883. The van der Waals surface area contributed by atoms with Crippen molar-refractivity contribution in [1.82, 2.24) is 4.57 Å². The molecule has 1 atom stereocenters. The Morgan fingerprint density at radius 3 is 2.51 bits per heavy atom. The smallest absolute Gasteiger partial charge is 0.271 e. The molecule has 0 aliphatic carbocycles. The highest BCUT2D eigenvalue weighted by molar-refractivity contribution is 7.07. The van der Waals surface area contributed by atoms with Gasteiger partial charge in [-0.25, -0.2) is 4.99 Å². The molecule has 0 saturated carbocycles. The summed E-state index contributed by atoms with van der Waals surface area (Å²) in [5, 5.41) is 5.80. The van der Waals surface area contributed by atoms with Gasteiger partial charge in [-0.2, -0.15) is 0 Å². The number of aromatic nitrogens is 1. The number of anilines is 2. The Hall–Kier alpha value is -4.96. The zero-order valence-electron chi connectivity index (χ0n) is 22.8. The van der Waals surface area contributed by atoms with Crippen LogP contribution in [0.15, 0.2) is 87.8 Å². The van der Waals surface area contributed by atoms with E-state index in [9.17, 15) is 14.4 Å². The van der Waals surface area contributed by atoms with Gasteiger partial charge in [0.15, 0.2) is 4.80 Å². The van der Waals surface area contributed by atoms with E-state index < -0.39 is 17.5 Å². The number of rotatable bonds is 5. The van der Waals surface area contributed by atoms with E-state index in [1.165, 1.54) is 11.7 Å². The second kappa shape index (κ2) is 10.2. The molecular weight excluding hydrogens is 540 g/mol. The van der Waals surface area contributed by atoms with Crippen LogP contribution in [0.25, 0.3) is 5.57 Å². The third-order valence-electron chi connectivity index (χ3n) is 7.16. The van der Waals surface area contributed by atoms with E-state index in [1.54, 1.807) is 44.4 Å². The van der Waals surface area contributed by atoms with Crippen molar-refractivity contribution in [3.8, 4) is 11.5 Å². The van der Waals surface area contributed by atoms with Crippen molar-refractivity contribution in [2.24, 2.45) is 4.99 Å². The Kier molecular flexibility index (Phi) is 6.55. The quantitative estimate of drug-likeness (QED) is 0.384. The monoisotopic (exact) mass is 566 g/mol. The number of nitrogens with one attached hydrogen (secondary N) is 2. The molecule has 206 valence electrons. The first-order valence-electron chi connectivity index (χ1n) is 12.9. The van der Waals surface area contributed by atoms with Crippen LogP contribution in [0.1, 0.15) is 29.7 Å². The normalized spacial score (nSPS) is 16.9. The van der Waals surface area contributed by atoms with Crippen molar-refractivity contribution >= 4 is 40.1 Å². The van der Waals surface area contributed by atoms with Gasteiger partial charge in [-0.15, -0.1) is 0 Å². The number of benzene rings is 3. The summed E-state index contributed by atoms with van der Waals surface area (Å²) in [6, 6.07) is 19.0. The summed E-state index contributed by atoms with van der Waals surface area (Å²) in [4.78, 5) is 46.3. The topological polar surface area (TPSA) is 111 Å². The number of methoxy groups -OCH3 is 2. The molecule has 6 rings (SSSR count). The Bertz CT molecular complexity index is 1960. The molecular formula is C31H26N4O5S. The molecule has 2 aliphatic heterocycles. The highest BCUT2D eigenvalue weighted by Gasteiger charge is 2.36. The minimum absolute atomic E-state index is 0.251. The molecule has 0 bridgehead atoms. The molecule has 0 unspecified atom stereocenters. The van der Waals surface area contributed by atoms with Crippen molar-refractivity contribution in [1.29, 1.82) is 0 Å². The van der Waals surface area contributed by atoms with Gasteiger partial charge in [0.05, 0.1) is 31.1 Å². The summed E-state index contributed by atoms with van der Waals surface area (Å²) in [5.41, 5.74) is 4.06. The molecule has 0 radical (unpaired) electrons. The minimum Gasteiger partial charge on any atom is -0.497 e. The first-order valence-corrected chi connectivity index (χ1v) is 13.7. The number of thiazole rings is 1. The van der Waals surface area contributed by atoms with Gasteiger partial charge in [0.2, 0.25) is 0 Å². The molecule has 2 N–H and O–H groups in total. The van der Waals surface area contributed by atoms with Gasteiger partial charge in [-0.3, -0.25) is 19.0 Å². The summed E-state index contributed by atoms with van der Waals surface area (Å²) in [5.74, 6) is 0.239. The first-order chi connectivity index (χ1) is 19.8. The molecule has 0 saturated heterocycles. The molecule has 2 amide bonds. The standard InChI is InChI=1S/C31H26N4O5S/c1-16-10-13-22-21(14-16)25(29(37)34-22)27-30(38)35-26(20-12-11-19(39-3)15-23(20)40-4)24(17(2)32-31(35)41-27)28(36)33-18-8-6-5-7-9-18/h5-15,26H,1-4H3,(H,33,36)(H,34,37)/b27-25-/t26-/m0/s1. The lowest BCUT2D eigenvalue weighted by Gasteiger charge is -2.26. The zero-order chi connectivity index (χ0) is 28.8. The van der Waals surface area contributed by atoms with E-state index in [1.807, 2.05) is 43.3 Å². The van der Waals surface area contributed by atoms with Gasteiger partial charge in [0, 0.05) is 28.6 Å². The summed E-state index contributed by atoms with van der Waals surface area (Å²) < 4.78 is 12.8. The average molecular weight is 567 g/mol. The SMILES string of the molecule is COc1ccc([C@H]2C(C(=O)Nc3ccccc3)=C(C)N=c3s/c(=C4\C(=O)Nc5ccc(C)cc54)c(=O)n32)c(OC)c1. The third-order valence-corrected chi connectivity index (χ3v) is 8.21. The predicted molar refractivity (Wildman–Crippen MR) is 157 cm³/mol. The fraction of sp³-hybridized carbons (Fsp3) is 0.161. The number of para-hydroxylation sites is 1. The number of ether oxygens (including phenoxy) is 2. The van der Waals surface area contributed by atoms with E-state index in [2.05, 4.69) is 10.6 Å². The van der Waals surface area contributed by atoms with Gasteiger partial charge >= 0.3 is 0 Å². The van der Waals surface area contributed by atoms with Gasteiger partial charge in [0.1, 0.15) is 22.1 Å². The maximum Gasteiger partial charge on any atom is 0.271 e. The van der Waals surface area contributed by atoms with Crippen LogP contribution in [0, 0.1) is 6.92 Å². The Balaban J connectivity index is 1.62. The van der Waals surface area contributed by atoms with Crippen molar-refractivity contribution < 1.29 is 19.1 Å². The van der Waals surface area contributed by atoms with Crippen LogP contribution in [0.2, 0.25) is 0 Å².